The largest absolute Gasteiger partial charge is 0.491 e. The topological polar surface area (TPSA) is 123 Å². The molecule has 3 N–H and O–H groups in total. The third-order valence-electron chi connectivity index (χ3n) is 7.01. The molecule has 5 rings (SSSR count). The summed E-state index contributed by atoms with van der Waals surface area (Å²) in [6, 6.07) is 6.62. The van der Waals surface area contributed by atoms with Crippen LogP contribution in [0.3, 0.4) is 0 Å². The lowest BCUT2D eigenvalue weighted by atomic mass is 9.76. The van der Waals surface area contributed by atoms with E-state index in [1.54, 1.807) is 18.5 Å². The Kier molecular flexibility index (Phi) is 6.91. The molecular formula is C26H29F3N6O3S. The number of aromatic nitrogens is 3. The number of hydrogen-bond acceptors (Lipinski definition) is 8. The third-order valence-corrected chi connectivity index (χ3v) is 8.44. The molecule has 208 valence electrons. The van der Waals surface area contributed by atoms with Gasteiger partial charge in [-0.3, -0.25) is 0 Å². The highest BCUT2D eigenvalue weighted by Gasteiger charge is 2.32. The van der Waals surface area contributed by atoms with Crippen molar-refractivity contribution in [2.45, 2.75) is 50.7 Å². The second kappa shape index (κ2) is 9.94. The summed E-state index contributed by atoms with van der Waals surface area (Å²) in [5.41, 5.74) is 9.95. The summed E-state index contributed by atoms with van der Waals surface area (Å²) in [6.45, 7) is 4.33. The number of alkyl halides is 3. The van der Waals surface area contributed by atoms with Crippen molar-refractivity contribution in [2.75, 3.05) is 30.3 Å². The Balaban J connectivity index is 1.46. The molecule has 0 bridgehead atoms. The van der Waals surface area contributed by atoms with E-state index in [1.165, 1.54) is 17.0 Å². The average Bonchev–Trinajstić information content (AvgIpc) is 3.08. The van der Waals surface area contributed by atoms with E-state index >= 15 is 0 Å². The maximum absolute atomic E-state index is 12.6. The second-order valence-corrected chi connectivity index (χ2v) is 12.3. The fourth-order valence-corrected chi connectivity index (χ4v) is 6.09. The van der Waals surface area contributed by atoms with Crippen molar-refractivity contribution in [3.8, 4) is 16.9 Å². The van der Waals surface area contributed by atoms with Gasteiger partial charge in [-0.25, -0.2) is 28.1 Å². The van der Waals surface area contributed by atoms with Gasteiger partial charge in [0.25, 0.3) is 0 Å². The van der Waals surface area contributed by atoms with E-state index < -0.39 is 33.5 Å². The lowest BCUT2D eigenvalue weighted by Crippen LogP contribution is -2.34. The molecule has 9 nitrogen and oxygen atoms in total. The zero-order chi connectivity index (χ0) is 28.0. The van der Waals surface area contributed by atoms with Crippen LogP contribution >= 0.6 is 0 Å². The van der Waals surface area contributed by atoms with E-state index in [-0.39, 0.29) is 5.41 Å². The van der Waals surface area contributed by atoms with Crippen LogP contribution in [0.2, 0.25) is 0 Å². The summed E-state index contributed by atoms with van der Waals surface area (Å²) < 4.78 is 70.5. The van der Waals surface area contributed by atoms with Crippen LogP contribution in [-0.2, 0) is 29.4 Å². The van der Waals surface area contributed by atoms with Crippen molar-refractivity contribution in [3.05, 3.63) is 53.6 Å². The molecule has 3 aromatic rings. The molecule has 0 fully saturated rings. The molecule has 0 saturated carbocycles. The number of aryl methyl sites for hydroxylation is 1. The maximum atomic E-state index is 12.6. The van der Waals surface area contributed by atoms with Gasteiger partial charge in [-0.05, 0) is 48.4 Å². The minimum absolute atomic E-state index is 0.148. The first-order chi connectivity index (χ1) is 18.3. The van der Waals surface area contributed by atoms with Gasteiger partial charge in [-0.2, -0.15) is 13.2 Å². The van der Waals surface area contributed by atoms with E-state index in [1.807, 2.05) is 6.07 Å². The fourth-order valence-electron chi connectivity index (χ4n) is 4.97. The highest BCUT2D eigenvalue weighted by Crippen LogP contribution is 2.39. The molecule has 3 heterocycles. The SMILES string of the molecule is CC1(C)CCc2ncnc(N3CCOc4ccc(-c5cnc(N)c(S(=O)(=O)NCC(F)(F)F)c5)cc4C3)c2C1. The zero-order valence-corrected chi connectivity index (χ0v) is 22.4. The van der Waals surface area contributed by atoms with Gasteiger partial charge >= 0.3 is 6.18 Å². The van der Waals surface area contributed by atoms with Crippen molar-refractivity contribution >= 4 is 21.7 Å². The van der Waals surface area contributed by atoms with E-state index in [2.05, 4.69) is 33.7 Å². The highest BCUT2D eigenvalue weighted by atomic mass is 32.2. The molecule has 39 heavy (non-hydrogen) atoms. The van der Waals surface area contributed by atoms with Crippen molar-refractivity contribution in [2.24, 2.45) is 5.41 Å². The Morgan fingerprint density at radius 2 is 1.95 bits per heavy atom. The van der Waals surface area contributed by atoms with Gasteiger partial charge in [0.15, 0.2) is 0 Å². The van der Waals surface area contributed by atoms with Crippen LogP contribution in [0.4, 0.5) is 24.8 Å². The summed E-state index contributed by atoms with van der Waals surface area (Å²) in [7, 11) is -4.55. The third kappa shape index (κ3) is 5.93. The summed E-state index contributed by atoms with van der Waals surface area (Å²) in [6.07, 6.45) is 1.11. The molecule has 13 heteroatoms. The summed E-state index contributed by atoms with van der Waals surface area (Å²) in [4.78, 5) is 14.7. The number of fused-ring (bicyclic) bond motifs is 2. The van der Waals surface area contributed by atoms with Crippen LogP contribution in [0.15, 0.2) is 41.7 Å². The molecule has 1 aromatic carbocycles. The Morgan fingerprint density at radius 1 is 1.15 bits per heavy atom. The van der Waals surface area contributed by atoms with Crippen molar-refractivity contribution < 1.29 is 26.3 Å². The molecule has 0 saturated heterocycles. The minimum atomic E-state index is -4.71. The van der Waals surface area contributed by atoms with E-state index in [4.69, 9.17) is 10.5 Å². The second-order valence-electron chi connectivity index (χ2n) is 10.6. The number of nitrogens with two attached hydrogens (primary N) is 1. The first kappa shape index (κ1) is 27.1. The first-order valence-corrected chi connectivity index (χ1v) is 14.0. The van der Waals surface area contributed by atoms with Gasteiger partial charge in [0, 0.05) is 35.1 Å². The van der Waals surface area contributed by atoms with Crippen LogP contribution in [0, 0.1) is 5.41 Å². The Hall–Kier alpha value is -3.45. The summed E-state index contributed by atoms with van der Waals surface area (Å²) in [5.74, 6) is 1.18. The van der Waals surface area contributed by atoms with Gasteiger partial charge in [0.2, 0.25) is 10.0 Å². The van der Waals surface area contributed by atoms with E-state index in [0.717, 1.165) is 41.9 Å². The average molecular weight is 563 g/mol. The number of nitrogen functional groups attached to an aromatic ring is 1. The molecule has 2 aliphatic rings. The number of anilines is 2. The Morgan fingerprint density at radius 3 is 2.72 bits per heavy atom. The number of rotatable bonds is 5. The number of pyridine rings is 1. The van der Waals surface area contributed by atoms with Gasteiger partial charge in [-0.1, -0.05) is 19.9 Å². The molecule has 2 aromatic heterocycles. The van der Waals surface area contributed by atoms with E-state index in [0.29, 0.717) is 36.6 Å². The van der Waals surface area contributed by atoms with Crippen LogP contribution in [0.5, 0.6) is 5.75 Å². The summed E-state index contributed by atoms with van der Waals surface area (Å²) in [5, 5.41) is 0. The molecule has 0 radical (unpaired) electrons. The molecule has 0 amide bonds. The normalized spacial score (nSPS) is 17.1. The molecule has 0 spiro atoms. The van der Waals surface area contributed by atoms with Crippen molar-refractivity contribution in [1.29, 1.82) is 0 Å². The van der Waals surface area contributed by atoms with E-state index in [9.17, 15) is 21.6 Å². The number of nitrogens with one attached hydrogen (secondary N) is 1. The van der Waals surface area contributed by atoms with Gasteiger partial charge in [0.05, 0.1) is 6.54 Å². The van der Waals surface area contributed by atoms with Crippen LogP contribution in [0.1, 0.15) is 37.1 Å². The Bertz CT molecular complexity index is 1510. The van der Waals surface area contributed by atoms with Gasteiger partial charge in [-0.15, -0.1) is 0 Å². The smallest absolute Gasteiger partial charge is 0.402 e. The van der Waals surface area contributed by atoms with Gasteiger partial charge < -0.3 is 15.4 Å². The zero-order valence-electron chi connectivity index (χ0n) is 21.5. The highest BCUT2D eigenvalue weighted by molar-refractivity contribution is 7.89. The summed E-state index contributed by atoms with van der Waals surface area (Å²) >= 11 is 0. The quantitative estimate of drug-likeness (QED) is 0.481. The van der Waals surface area contributed by atoms with Crippen LogP contribution in [0.25, 0.3) is 11.1 Å². The number of ether oxygens (including phenoxy) is 1. The van der Waals surface area contributed by atoms with Crippen molar-refractivity contribution in [3.63, 3.8) is 0 Å². The number of hydrogen-bond donors (Lipinski definition) is 2. The lowest BCUT2D eigenvalue weighted by Gasteiger charge is -2.33. The van der Waals surface area contributed by atoms with Crippen LogP contribution in [-0.4, -0.2) is 49.2 Å². The van der Waals surface area contributed by atoms with Gasteiger partial charge in [0.1, 0.15) is 41.8 Å². The predicted molar refractivity (Wildman–Crippen MR) is 140 cm³/mol. The molecule has 0 unspecified atom stereocenters. The number of benzene rings is 1. The standard InChI is InChI=1S/C26H29F3N6O3S/c1-25(2)6-5-20-19(11-25)24(33-15-32-20)35-7-8-38-21-4-3-16(9-18(21)13-35)17-10-22(23(30)31-12-17)39(36,37)34-14-26(27,28)29/h3-4,9-10,12,15,34H,5-8,11,13-14H2,1-2H3,(H2,30,31). The predicted octanol–water partition coefficient (Wildman–Crippen LogP) is 3.88. The van der Waals surface area contributed by atoms with Crippen LogP contribution < -0.4 is 20.1 Å². The monoisotopic (exact) mass is 562 g/mol. The molecule has 1 aliphatic carbocycles. The first-order valence-electron chi connectivity index (χ1n) is 12.5. The molecule has 0 atom stereocenters. The maximum Gasteiger partial charge on any atom is 0.402 e. The van der Waals surface area contributed by atoms with Crippen molar-refractivity contribution in [1.82, 2.24) is 19.7 Å². The lowest BCUT2D eigenvalue weighted by molar-refractivity contribution is -0.121. The number of nitrogens with zero attached hydrogens (tertiary/aromatic N) is 4. The Labute approximate surface area is 224 Å². The molecular weight excluding hydrogens is 533 g/mol. The minimum Gasteiger partial charge on any atom is -0.491 e. The number of sulfonamides is 1. The molecule has 1 aliphatic heterocycles. The number of halogens is 3. The fraction of sp³-hybridized carbons (Fsp3) is 0.423.